The number of nitrogens with zero attached hydrogens (tertiary/aromatic N) is 5. The predicted octanol–water partition coefficient (Wildman–Crippen LogP) is 4.42. The number of hydrogen-bond donors (Lipinski definition) is 2. The first-order valence-corrected chi connectivity index (χ1v) is 12.6. The van der Waals surface area contributed by atoms with Gasteiger partial charge in [0.2, 0.25) is 0 Å². The van der Waals surface area contributed by atoms with Gasteiger partial charge in [0.1, 0.15) is 11.6 Å². The van der Waals surface area contributed by atoms with Crippen LogP contribution in [-0.4, -0.2) is 59.7 Å². The quantitative estimate of drug-likeness (QED) is 0.445. The normalized spacial score (nSPS) is 15.0. The lowest BCUT2D eigenvalue weighted by Crippen LogP contribution is -2.44. The van der Waals surface area contributed by atoms with Crippen LogP contribution in [0.15, 0.2) is 36.4 Å². The van der Waals surface area contributed by atoms with Gasteiger partial charge in [-0.05, 0) is 76.6 Å². The maximum absolute atomic E-state index is 13.4. The van der Waals surface area contributed by atoms with E-state index in [1.807, 2.05) is 43.3 Å². The van der Waals surface area contributed by atoms with Crippen LogP contribution in [0, 0.1) is 11.3 Å². The molecule has 9 nitrogen and oxygen atoms in total. The van der Waals surface area contributed by atoms with Crippen molar-refractivity contribution in [3.63, 3.8) is 0 Å². The fourth-order valence-electron chi connectivity index (χ4n) is 3.83. The molecule has 1 aromatic heterocycles. The molecule has 2 heterocycles. The summed E-state index contributed by atoms with van der Waals surface area (Å²) in [6.45, 7) is 4.84. The summed E-state index contributed by atoms with van der Waals surface area (Å²) >= 11 is 13.3. The molecule has 2 N–H and O–H groups in total. The third-order valence-electron chi connectivity index (χ3n) is 5.69. The van der Waals surface area contributed by atoms with E-state index in [4.69, 9.17) is 29.1 Å². The number of thiocarbonyl (C=S) groups is 1. The summed E-state index contributed by atoms with van der Waals surface area (Å²) in [6.07, 6.45) is 0. The second-order valence-corrected chi connectivity index (χ2v) is 10.8. The third kappa shape index (κ3) is 4.85. The molecule has 0 radical (unpaired) electrons. The minimum Gasteiger partial charge on any atom is -0.337 e. The van der Waals surface area contributed by atoms with E-state index in [1.54, 1.807) is 36.9 Å². The van der Waals surface area contributed by atoms with Gasteiger partial charge in [0.05, 0.1) is 26.5 Å². The van der Waals surface area contributed by atoms with Crippen LogP contribution in [0.25, 0.3) is 10.2 Å². The first-order valence-electron chi connectivity index (χ1n) is 11.0. The van der Waals surface area contributed by atoms with E-state index in [1.165, 1.54) is 16.2 Å². The molecular formula is C24H24ClN7O2S2. The summed E-state index contributed by atoms with van der Waals surface area (Å²) in [5.74, 6) is -0.219. The Labute approximate surface area is 223 Å². The second-order valence-electron chi connectivity index (χ2n) is 8.95. The molecule has 1 aliphatic rings. The number of hydrogen-bond acceptors (Lipinski definition) is 7. The second kappa shape index (κ2) is 9.99. The Morgan fingerprint density at radius 2 is 1.97 bits per heavy atom. The number of rotatable bonds is 6. The molecule has 0 spiro atoms. The minimum absolute atomic E-state index is 0.219. The fourth-order valence-corrected chi connectivity index (χ4v) is 5.41. The summed E-state index contributed by atoms with van der Waals surface area (Å²) in [5, 5.41) is 15.7. The highest BCUT2D eigenvalue weighted by Gasteiger charge is 2.50. The molecule has 1 fully saturated rings. The topological polar surface area (TPSA) is 105 Å². The number of halogens is 1. The number of carbonyl (C=O) groups is 2. The zero-order valence-corrected chi connectivity index (χ0v) is 22.5. The number of likely N-dealkylation sites (N-methyl/N-ethyl adjacent to an activating group) is 1. The third-order valence-corrected chi connectivity index (χ3v) is 7.32. The molecule has 3 aromatic rings. The molecule has 0 unspecified atom stereocenters. The Kier molecular flexibility index (Phi) is 7.15. The van der Waals surface area contributed by atoms with E-state index in [2.05, 4.69) is 15.6 Å². The van der Waals surface area contributed by atoms with E-state index in [9.17, 15) is 9.59 Å². The van der Waals surface area contributed by atoms with Crippen molar-refractivity contribution < 1.29 is 9.59 Å². The van der Waals surface area contributed by atoms with Crippen LogP contribution in [0.3, 0.4) is 0 Å². The van der Waals surface area contributed by atoms with E-state index in [0.717, 1.165) is 11.2 Å². The highest BCUT2D eigenvalue weighted by Crippen LogP contribution is 2.39. The fraction of sp³-hybridized carbons (Fsp3) is 0.292. The number of urea groups is 1. The molecule has 4 rings (SSSR count). The van der Waals surface area contributed by atoms with Gasteiger partial charge in [0.25, 0.3) is 5.91 Å². The lowest BCUT2D eigenvalue weighted by molar-refractivity contribution is -0.120. The summed E-state index contributed by atoms with van der Waals surface area (Å²) in [4.78, 5) is 35.3. The maximum atomic E-state index is 13.4. The molecule has 12 heteroatoms. The number of nitrogens with one attached hydrogen (secondary N) is 2. The van der Waals surface area contributed by atoms with Gasteiger partial charge >= 0.3 is 6.03 Å². The molecule has 1 aliphatic heterocycles. The Hall–Kier alpha value is -3.30. The van der Waals surface area contributed by atoms with Crippen LogP contribution in [-0.2, 0) is 4.79 Å². The molecule has 0 bridgehead atoms. The lowest BCUT2D eigenvalue weighted by atomic mass is 10.0. The molecule has 36 heavy (non-hydrogen) atoms. The Balaban J connectivity index is 1.59. The smallest absolute Gasteiger partial charge is 0.321 e. The van der Waals surface area contributed by atoms with Crippen molar-refractivity contribution in [2.24, 2.45) is 0 Å². The monoisotopic (exact) mass is 541 g/mol. The summed E-state index contributed by atoms with van der Waals surface area (Å²) < 4.78 is 0.882. The van der Waals surface area contributed by atoms with Crippen molar-refractivity contribution in [2.45, 2.75) is 19.4 Å². The Bertz CT molecular complexity index is 1410. The molecule has 186 valence electrons. The number of thiazole rings is 1. The average molecular weight is 542 g/mol. The van der Waals surface area contributed by atoms with E-state index in [-0.39, 0.29) is 17.0 Å². The van der Waals surface area contributed by atoms with Crippen molar-refractivity contribution in [1.82, 2.24) is 15.2 Å². The van der Waals surface area contributed by atoms with Crippen LogP contribution < -0.4 is 20.4 Å². The van der Waals surface area contributed by atoms with Gasteiger partial charge in [-0.15, -0.1) is 0 Å². The lowest BCUT2D eigenvalue weighted by Gasteiger charge is -2.29. The average Bonchev–Trinajstić information content (AvgIpc) is 3.27. The first-order chi connectivity index (χ1) is 17.0. The van der Waals surface area contributed by atoms with Crippen LogP contribution >= 0.6 is 35.2 Å². The number of amides is 3. The number of aromatic nitrogens is 1. The van der Waals surface area contributed by atoms with Crippen LogP contribution in [0.1, 0.15) is 19.4 Å². The molecule has 0 aliphatic carbocycles. The van der Waals surface area contributed by atoms with Crippen molar-refractivity contribution in [2.75, 3.05) is 42.3 Å². The molecule has 0 atom stereocenters. The molecular weight excluding hydrogens is 518 g/mol. The molecule has 1 saturated heterocycles. The SMILES string of the molecule is CN(C)CCNC(=O)Nc1nc2cc(N3C(=S)N(c4ccc(C#N)c(Cl)c4)C(=O)C3(C)C)ccc2s1. The van der Waals surface area contributed by atoms with Gasteiger partial charge in [-0.1, -0.05) is 22.9 Å². The Morgan fingerprint density at radius 3 is 2.64 bits per heavy atom. The van der Waals surface area contributed by atoms with E-state index in [0.29, 0.717) is 39.2 Å². The predicted molar refractivity (Wildman–Crippen MR) is 148 cm³/mol. The standard InChI is InChI=1S/C24H24ClN7O2S2/c1-24(2)20(33)31(15-6-5-14(13-26)17(25)11-15)23(35)32(24)16-7-8-19-18(12-16)28-22(36-19)29-21(34)27-9-10-30(3)4/h5-8,11-12H,9-10H2,1-4H3,(H2,27,28,29,34). The van der Waals surface area contributed by atoms with Gasteiger partial charge in [-0.3, -0.25) is 15.0 Å². The van der Waals surface area contributed by atoms with E-state index >= 15 is 0 Å². The zero-order chi connectivity index (χ0) is 26.2. The van der Waals surface area contributed by atoms with Crippen LogP contribution in [0.2, 0.25) is 5.02 Å². The minimum atomic E-state index is -0.978. The van der Waals surface area contributed by atoms with Crippen molar-refractivity contribution in [1.29, 1.82) is 5.26 Å². The Morgan fingerprint density at radius 1 is 1.25 bits per heavy atom. The number of fused-ring (bicyclic) bond motifs is 1. The molecule has 3 amide bonds. The number of carbonyl (C=O) groups excluding carboxylic acids is 2. The summed E-state index contributed by atoms with van der Waals surface area (Å²) in [7, 11) is 3.87. The number of nitriles is 1. The number of anilines is 3. The van der Waals surface area contributed by atoms with Gasteiger partial charge in [-0.25, -0.2) is 9.78 Å². The number of benzene rings is 2. The molecule has 2 aromatic carbocycles. The van der Waals surface area contributed by atoms with Crippen LogP contribution in [0.4, 0.5) is 21.3 Å². The zero-order valence-electron chi connectivity index (χ0n) is 20.1. The van der Waals surface area contributed by atoms with Crippen molar-refractivity contribution in [3.8, 4) is 6.07 Å². The van der Waals surface area contributed by atoms with Crippen molar-refractivity contribution >= 4 is 78.9 Å². The molecule has 0 saturated carbocycles. The van der Waals surface area contributed by atoms with Gasteiger partial charge in [0, 0.05) is 18.8 Å². The van der Waals surface area contributed by atoms with Crippen LogP contribution in [0.5, 0.6) is 0 Å². The largest absolute Gasteiger partial charge is 0.337 e. The van der Waals surface area contributed by atoms with E-state index < -0.39 is 5.54 Å². The van der Waals surface area contributed by atoms with Gasteiger partial charge in [0.15, 0.2) is 10.2 Å². The highest BCUT2D eigenvalue weighted by atomic mass is 35.5. The first kappa shape index (κ1) is 25.8. The van der Waals surface area contributed by atoms with Crippen molar-refractivity contribution in [3.05, 3.63) is 47.0 Å². The summed E-state index contributed by atoms with van der Waals surface area (Å²) in [5.41, 5.74) is 1.20. The summed E-state index contributed by atoms with van der Waals surface area (Å²) in [6, 6.07) is 12.1. The van der Waals surface area contributed by atoms with Gasteiger partial charge < -0.3 is 15.1 Å². The highest BCUT2D eigenvalue weighted by molar-refractivity contribution is 7.81. The maximum Gasteiger partial charge on any atom is 0.321 e. The van der Waals surface area contributed by atoms with Gasteiger partial charge in [-0.2, -0.15) is 5.26 Å².